The Morgan fingerprint density at radius 1 is 1.16 bits per heavy atom. The van der Waals surface area contributed by atoms with E-state index in [9.17, 15) is 4.79 Å². The quantitative estimate of drug-likeness (QED) is 0.907. The minimum atomic E-state index is 0.0336. The molecular formula is C20H19ClN2O2. The van der Waals surface area contributed by atoms with Gasteiger partial charge in [-0.25, -0.2) is 0 Å². The van der Waals surface area contributed by atoms with Gasteiger partial charge in [-0.3, -0.25) is 4.79 Å². The van der Waals surface area contributed by atoms with Gasteiger partial charge in [0, 0.05) is 17.1 Å². The van der Waals surface area contributed by atoms with Crippen molar-refractivity contribution in [3.05, 3.63) is 76.3 Å². The number of halogens is 1. The van der Waals surface area contributed by atoms with Crippen LogP contribution in [0.5, 0.6) is 0 Å². The highest BCUT2D eigenvalue weighted by molar-refractivity contribution is 6.30. The molecule has 0 saturated carbocycles. The SMILES string of the molecule is O=C(C1=C(c2cccc(Cl)c2)ONC1)N1CCCC1c1ccccc1. The van der Waals surface area contributed by atoms with Crippen LogP contribution < -0.4 is 5.48 Å². The third-order valence-electron chi connectivity index (χ3n) is 4.74. The van der Waals surface area contributed by atoms with E-state index >= 15 is 0 Å². The summed E-state index contributed by atoms with van der Waals surface area (Å²) in [4.78, 5) is 20.7. The maximum Gasteiger partial charge on any atom is 0.255 e. The number of likely N-dealkylation sites (tertiary alicyclic amines) is 1. The van der Waals surface area contributed by atoms with Crippen LogP contribution in [0.15, 0.2) is 60.2 Å². The average molecular weight is 355 g/mol. The number of nitrogens with one attached hydrogen (secondary N) is 1. The van der Waals surface area contributed by atoms with Gasteiger partial charge in [-0.05, 0) is 30.5 Å². The molecule has 4 rings (SSSR count). The fourth-order valence-electron chi connectivity index (χ4n) is 3.56. The fraction of sp³-hybridized carbons (Fsp3) is 0.250. The summed E-state index contributed by atoms with van der Waals surface area (Å²) in [6.07, 6.45) is 2.00. The molecule has 2 aliphatic rings. The molecule has 1 amide bonds. The van der Waals surface area contributed by atoms with Gasteiger partial charge in [0.05, 0.1) is 18.2 Å². The minimum absolute atomic E-state index is 0.0336. The first kappa shape index (κ1) is 16.2. The van der Waals surface area contributed by atoms with Crippen LogP contribution in [0.3, 0.4) is 0 Å². The highest BCUT2D eigenvalue weighted by Gasteiger charge is 2.35. The molecule has 1 atom stereocenters. The van der Waals surface area contributed by atoms with Gasteiger partial charge in [0.1, 0.15) is 0 Å². The molecule has 128 valence electrons. The number of carbonyl (C=O) groups excluding carboxylic acids is 1. The van der Waals surface area contributed by atoms with Crippen molar-refractivity contribution < 1.29 is 9.63 Å². The number of nitrogens with zero attached hydrogens (tertiary/aromatic N) is 1. The Labute approximate surface area is 152 Å². The molecule has 1 saturated heterocycles. The second-order valence-corrected chi connectivity index (χ2v) is 6.74. The first-order chi connectivity index (χ1) is 12.2. The van der Waals surface area contributed by atoms with Crippen molar-refractivity contribution in [3.63, 3.8) is 0 Å². The number of carbonyl (C=O) groups is 1. The normalized spacial score (nSPS) is 20.0. The van der Waals surface area contributed by atoms with E-state index in [-0.39, 0.29) is 11.9 Å². The lowest BCUT2D eigenvalue weighted by molar-refractivity contribution is -0.128. The van der Waals surface area contributed by atoms with Crippen molar-refractivity contribution in [1.29, 1.82) is 0 Å². The van der Waals surface area contributed by atoms with Crippen LogP contribution in [0.25, 0.3) is 5.76 Å². The van der Waals surface area contributed by atoms with E-state index in [2.05, 4.69) is 17.6 Å². The van der Waals surface area contributed by atoms with Crippen molar-refractivity contribution in [3.8, 4) is 0 Å². The van der Waals surface area contributed by atoms with Gasteiger partial charge >= 0.3 is 0 Å². The second-order valence-electron chi connectivity index (χ2n) is 6.31. The smallest absolute Gasteiger partial charge is 0.255 e. The fourth-order valence-corrected chi connectivity index (χ4v) is 3.75. The molecule has 0 radical (unpaired) electrons. The van der Waals surface area contributed by atoms with Crippen molar-refractivity contribution in [2.45, 2.75) is 18.9 Å². The van der Waals surface area contributed by atoms with Crippen LogP contribution in [0.2, 0.25) is 5.02 Å². The van der Waals surface area contributed by atoms with Crippen LogP contribution in [0.4, 0.5) is 0 Å². The van der Waals surface area contributed by atoms with Gasteiger partial charge in [-0.1, -0.05) is 54.1 Å². The second kappa shape index (κ2) is 6.90. The number of hydroxylamine groups is 1. The standard InChI is InChI=1S/C20H19ClN2O2/c21-16-9-4-8-15(12-16)19-17(13-22-25-19)20(24)23-11-5-10-18(23)14-6-2-1-3-7-14/h1-4,6-9,12,18,22H,5,10-11,13H2. The van der Waals surface area contributed by atoms with Gasteiger partial charge < -0.3 is 9.74 Å². The van der Waals surface area contributed by atoms with Gasteiger partial charge in [-0.15, -0.1) is 0 Å². The van der Waals surface area contributed by atoms with E-state index in [0.717, 1.165) is 24.9 Å². The zero-order chi connectivity index (χ0) is 17.2. The first-order valence-electron chi connectivity index (χ1n) is 8.49. The van der Waals surface area contributed by atoms with Crippen LogP contribution in [0.1, 0.15) is 30.0 Å². The Morgan fingerprint density at radius 3 is 2.80 bits per heavy atom. The summed E-state index contributed by atoms with van der Waals surface area (Å²) in [5, 5.41) is 0.621. The molecule has 2 aromatic carbocycles. The molecule has 0 aromatic heterocycles. The number of benzene rings is 2. The molecule has 5 heteroatoms. The summed E-state index contributed by atoms with van der Waals surface area (Å²) >= 11 is 6.09. The zero-order valence-corrected chi connectivity index (χ0v) is 14.5. The summed E-state index contributed by atoms with van der Waals surface area (Å²) in [6, 6.07) is 17.7. The Bertz CT molecular complexity index is 819. The monoisotopic (exact) mass is 354 g/mol. The molecule has 2 heterocycles. The molecule has 0 bridgehead atoms. The Balaban J connectivity index is 1.66. The van der Waals surface area contributed by atoms with E-state index in [4.69, 9.17) is 16.4 Å². The molecule has 1 N–H and O–H groups in total. The van der Waals surface area contributed by atoms with E-state index < -0.39 is 0 Å². The van der Waals surface area contributed by atoms with Gasteiger partial charge in [0.2, 0.25) is 0 Å². The Morgan fingerprint density at radius 2 is 2.00 bits per heavy atom. The maximum absolute atomic E-state index is 13.2. The maximum atomic E-state index is 13.2. The Kier molecular flexibility index (Phi) is 4.47. The van der Waals surface area contributed by atoms with E-state index in [1.807, 2.05) is 41.3 Å². The van der Waals surface area contributed by atoms with Crippen LogP contribution in [-0.4, -0.2) is 23.9 Å². The van der Waals surface area contributed by atoms with Gasteiger partial charge in [0.25, 0.3) is 5.91 Å². The molecular weight excluding hydrogens is 336 g/mol. The summed E-state index contributed by atoms with van der Waals surface area (Å²) in [5.74, 6) is 0.609. The first-order valence-corrected chi connectivity index (χ1v) is 8.86. The highest BCUT2D eigenvalue weighted by atomic mass is 35.5. The predicted molar refractivity (Wildman–Crippen MR) is 97.6 cm³/mol. The average Bonchev–Trinajstić information content (AvgIpc) is 3.31. The van der Waals surface area contributed by atoms with Crippen molar-refractivity contribution >= 4 is 23.3 Å². The highest BCUT2D eigenvalue weighted by Crippen LogP contribution is 2.35. The Hall–Kier alpha value is -2.30. The zero-order valence-electron chi connectivity index (χ0n) is 13.7. The molecule has 2 aromatic rings. The summed E-state index contributed by atoms with van der Waals surface area (Å²) in [5.41, 5.74) is 5.49. The summed E-state index contributed by atoms with van der Waals surface area (Å²) < 4.78 is 0. The number of hydrogen-bond donors (Lipinski definition) is 1. The molecule has 25 heavy (non-hydrogen) atoms. The molecule has 1 fully saturated rings. The molecule has 1 unspecified atom stereocenters. The van der Waals surface area contributed by atoms with Crippen molar-refractivity contribution in [2.24, 2.45) is 0 Å². The lowest BCUT2D eigenvalue weighted by Crippen LogP contribution is -2.33. The predicted octanol–water partition coefficient (Wildman–Crippen LogP) is 3.95. The largest absolute Gasteiger partial charge is 0.407 e. The third-order valence-corrected chi connectivity index (χ3v) is 4.98. The molecule has 2 aliphatic heterocycles. The minimum Gasteiger partial charge on any atom is -0.407 e. The van der Waals surface area contributed by atoms with Crippen LogP contribution in [-0.2, 0) is 9.63 Å². The van der Waals surface area contributed by atoms with Crippen LogP contribution in [0, 0.1) is 0 Å². The number of amides is 1. The molecule has 0 spiro atoms. The number of hydrogen-bond acceptors (Lipinski definition) is 3. The topological polar surface area (TPSA) is 41.6 Å². The van der Waals surface area contributed by atoms with Gasteiger partial charge in [-0.2, -0.15) is 5.48 Å². The summed E-state index contributed by atoms with van der Waals surface area (Å²) in [7, 11) is 0. The summed E-state index contributed by atoms with van der Waals surface area (Å²) in [6.45, 7) is 1.17. The van der Waals surface area contributed by atoms with Gasteiger partial charge in [0.15, 0.2) is 5.76 Å². The lowest BCUT2D eigenvalue weighted by Gasteiger charge is -2.25. The number of rotatable bonds is 3. The van der Waals surface area contributed by atoms with E-state index in [1.54, 1.807) is 6.07 Å². The van der Waals surface area contributed by atoms with Crippen LogP contribution >= 0.6 is 11.6 Å². The van der Waals surface area contributed by atoms with Crippen molar-refractivity contribution in [2.75, 3.05) is 13.1 Å². The lowest BCUT2D eigenvalue weighted by atomic mass is 10.0. The molecule has 0 aliphatic carbocycles. The van der Waals surface area contributed by atoms with E-state index in [1.165, 1.54) is 5.56 Å². The van der Waals surface area contributed by atoms with Crippen molar-refractivity contribution in [1.82, 2.24) is 10.4 Å². The third kappa shape index (κ3) is 3.15. The van der Waals surface area contributed by atoms with E-state index in [0.29, 0.717) is 22.9 Å². The molecule has 4 nitrogen and oxygen atoms in total.